The van der Waals surface area contributed by atoms with Crippen LogP contribution in [0.1, 0.15) is 46.5 Å². The van der Waals surface area contributed by atoms with Crippen molar-refractivity contribution < 1.29 is 14.2 Å². The van der Waals surface area contributed by atoms with Gasteiger partial charge in [-0.15, -0.1) is 11.6 Å². The van der Waals surface area contributed by atoms with Gasteiger partial charge in [0.25, 0.3) is 0 Å². The second-order valence-electron chi connectivity index (χ2n) is 8.26. The van der Waals surface area contributed by atoms with E-state index in [1.807, 2.05) is 37.3 Å². The largest absolute Gasteiger partial charge is 0.497 e. The van der Waals surface area contributed by atoms with Gasteiger partial charge in [0.2, 0.25) is 0 Å². The lowest BCUT2D eigenvalue weighted by Crippen LogP contribution is -2.04. The number of hydrogen-bond acceptors (Lipinski definition) is 4. The molecule has 2 aromatic carbocycles. The fourth-order valence-corrected chi connectivity index (χ4v) is 4.11. The standard InChI is InChI=1S/C29H37ClN2O3/c1-5-8-18-32-26-21-24(33-4)13-14-25(26)31-29(32)23-12-15-27(28(20-23)34-7-3)35-19-16-22(6-2)11-9-10-17-30/h6,9-10,12-15,20-21H,5,7-8,11,16-19H2,1-4H3/b10-9-,22-6+. The van der Waals surface area contributed by atoms with Gasteiger partial charge < -0.3 is 18.8 Å². The lowest BCUT2D eigenvalue weighted by molar-refractivity contribution is 0.279. The molecule has 6 heteroatoms. The number of benzene rings is 2. The maximum Gasteiger partial charge on any atom is 0.161 e. The van der Waals surface area contributed by atoms with E-state index in [-0.39, 0.29) is 0 Å². The van der Waals surface area contributed by atoms with Crippen molar-refractivity contribution in [3.8, 4) is 28.6 Å². The summed E-state index contributed by atoms with van der Waals surface area (Å²) in [7, 11) is 1.69. The van der Waals surface area contributed by atoms with E-state index in [0.29, 0.717) is 19.1 Å². The third-order valence-electron chi connectivity index (χ3n) is 5.92. The van der Waals surface area contributed by atoms with Crippen molar-refractivity contribution in [1.82, 2.24) is 9.55 Å². The molecule has 0 aliphatic rings. The van der Waals surface area contributed by atoms with Gasteiger partial charge in [0.1, 0.15) is 11.6 Å². The molecule has 0 spiro atoms. The Balaban J connectivity index is 1.87. The number of halogens is 1. The quantitative estimate of drug-likeness (QED) is 0.168. The normalized spacial score (nSPS) is 12.0. The highest BCUT2D eigenvalue weighted by molar-refractivity contribution is 6.18. The van der Waals surface area contributed by atoms with Crippen LogP contribution >= 0.6 is 11.6 Å². The Morgan fingerprint density at radius 2 is 1.91 bits per heavy atom. The molecule has 0 aliphatic heterocycles. The Morgan fingerprint density at radius 3 is 2.63 bits per heavy atom. The number of rotatable bonds is 14. The van der Waals surface area contributed by atoms with Crippen LogP contribution in [0.3, 0.4) is 0 Å². The van der Waals surface area contributed by atoms with E-state index in [9.17, 15) is 0 Å². The molecule has 188 valence electrons. The third kappa shape index (κ3) is 7.04. The van der Waals surface area contributed by atoms with Gasteiger partial charge in [0, 0.05) is 30.5 Å². The zero-order chi connectivity index (χ0) is 25.0. The SMILES string of the molecule is C/C=C(\C/C=C\CCl)CCOc1ccc(-c2nc3ccc(OC)cc3n2CCCC)cc1OCC. The molecule has 0 atom stereocenters. The van der Waals surface area contributed by atoms with Gasteiger partial charge in [-0.05, 0) is 57.0 Å². The van der Waals surface area contributed by atoms with Crippen LogP contribution in [0.4, 0.5) is 0 Å². The Bertz CT molecular complexity index is 1150. The van der Waals surface area contributed by atoms with Gasteiger partial charge in [0.05, 0.1) is 31.4 Å². The molecule has 0 radical (unpaired) electrons. The molecule has 3 rings (SSSR count). The highest BCUT2D eigenvalue weighted by Gasteiger charge is 2.16. The van der Waals surface area contributed by atoms with Crippen LogP contribution in [0.5, 0.6) is 17.2 Å². The number of unbranched alkanes of at least 4 members (excludes halogenated alkanes) is 1. The van der Waals surface area contributed by atoms with Crippen LogP contribution in [0.25, 0.3) is 22.4 Å². The average Bonchev–Trinajstić information content (AvgIpc) is 3.25. The van der Waals surface area contributed by atoms with E-state index < -0.39 is 0 Å². The fourth-order valence-electron chi connectivity index (χ4n) is 3.98. The van der Waals surface area contributed by atoms with E-state index in [4.69, 9.17) is 30.8 Å². The molecule has 0 unspecified atom stereocenters. The predicted molar refractivity (Wildman–Crippen MR) is 146 cm³/mol. The number of methoxy groups -OCH3 is 1. The van der Waals surface area contributed by atoms with Crippen LogP contribution in [0.2, 0.25) is 0 Å². The van der Waals surface area contributed by atoms with Crippen LogP contribution in [0, 0.1) is 0 Å². The zero-order valence-corrected chi connectivity index (χ0v) is 22.1. The van der Waals surface area contributed by atoms with Gasteiger partial charge in [-0.3, -0.25) is 0 Å². The summed E-state index contributed by atoms with van der Waals surface area (Å²) in [5.74, 6) is 3.79. The van der Waals surface area contributed by atoms with Crippen LogP contribution in [-0.4, -0.2) is 35.8 Å². The molecule has 35 heavy (non-hydrogen) atoms. The van der Waals surface area contributed by atoms with E-state index in [2.05, 4.69) is 42.7 Å². The Morgan fingerprint density at radius 1 is 1.06 bits per heavy atom. The fraction of sp³-hybridized carbons (Fsp3) is 0.414. The summed E-state index contributed by atoms with van der Waals surface area (Å²) in [6.45, 7) is 8.29. The maximum atomic E-state index is 6.14. The van der Waals surface area contributed by atoms with Crippen molar-refractivity contribution in [2.24, 2.45) is 0 Å². The number of ether oxygens (including phenoxy) is 3. The number of alkyl halides is 1. The molecule has 0 fully saturated rings. The van der Waals surface area contributed by atoms with E-state index in [0.717, 1.165) is 71.9 Å². The molecule has 0 N–H and O–H groups in total. The molecular weight excluding hydrogens is 460 g/mol. The smallest absolute Gasteiger partial charge is 0.161 e. The molecule has 1 heterocycles. The van der Waals surface area contributed by atoms with E-state index >= 15 is 0 Å². The minimum Gasteiger partial charge on any atom is -0.497 e. The van der Waals surface area contributed by atoms with Crippen molar-refractivity contribution in [3.05, 3.63) is 60.2 Å². The van der Waals surface area contributed by atoms with E-state index in [1.165, 1.54) is 5.57 Å². The summed E-state index contributed by atoms with van der Waals surface area (Å²) in [5, 5.41) is 0. The van der Waals surface area contributed by atoms with Crippen molar-refractivity contribution in [2.45, 2.75) is 53.0 Å². The number of imidazole rings is 1. The first-order valence-corrected chi connectivity index (χ1v) is 13.0. The van der Waals surface area contributed by atoms with Crippen molar-refractivity contribution in [1.29, 1.82) is 0 Å². The van der Waals surface area contributed by atoms with Crippen LogP contribution in [-0.2, 0) is 6.54 Å². The average molecular weight is 497 g/mol. The molecule has 0 aliphatic carbocycles. The third-order valence-corrected chi connectivity index (χ3v) is 6.10. The van der Waals surface area contributed by atoms with Crippen LogP contribution < -0.4 is 14.2 Å². The monoisotopic (exact) mass is 496 g/mol. The molecule has 3 aromatic rings. The lowest BCUT2D eigenvalue weighted by Gasteiger charge is -2.15. The first-order valence-electron chi connectivity index (χ1n) is 12.4. The summed E-state index contributed by atoms with van der Waals surface area (Å²) in [5.41, 5.74) is 4.36. The Labute approximate surface area is 214 Å². The second kappa shape index (κ2) is 13.8. The molecule has 0 saturated carbocycles. The number of allylic oxidation sites excluding steroid dienone is 3. The summed E-state index contributed by atoms with van der Waals surface area (Å²) >= 11 is 5.73. The summed E-state index contributed by atoms with van der Waals surface area (Å²) in [4.78, 5) is 4.96. The molecule has 5 nitrogen and oxygen atoms in total. The number of nitrogens with zero attached hydrogens (tertiary/aromatic N) is 2. The van der Waals surface area contributed by atoms with Crippen LogP contribution in [0.15, 0.2) is 60.2 Å². The number of aryl methyl sites for hydroxylation is 1. The highest BCUT2D eigenvalue weighted by Crippen LogP contribution is 2.35. The minimum absolute atomic E-state index is 0.539. The topological polar surface area (TPSA) is 45.5 Å². The molecular formula is C29H37ClN2O3. The zero-order valence-electron chi connectivity index (χ0n) is 21.4. The number of fused-ring (bicyclic) bond motifs is 1. The molecule has 1 aromatic heterocycles. The van der Waals surface area contributed by atoms with Gasteiger partial charge in [-0.2, -0.15) is 0 Å². The summed E-state index contributed by atoms with van der Waals surface area (Å²) in [6.07, 6.45) is 10.1. The maximum absolute atomic E-state index is 6.14. The molecule has 0 saturated heterocycles. The van der Waals surface area contributed by atoms with Gasteiger partial charge in [-0.25, -0.2) is 4.98 Å². The molecule has 0 amide bonds. The van der Waals surface area contributed by atoms with Crippen molar-refractivity contribution in [3.63, 3.8) is 0 Å². The number of hydrogen-bond donors (Lipinski definition) is 0. The van der Waals surface area contributed by atoms with Crippen molar-refractivity contribution >= 4 is 22.6 Å². The Kier molecular flexibility index (Phi) is 10.5. The minimum atomic E-state index is 0.539. The van der Waals surface area contributed by atoms with E-state index in [1.54, 1.807) is 7.11 Å². The first kappa shape index (κ1) is 26.7. The van der Waals surface area contributed by atoms with Crippen molar-refractivity contribution in [2.75, 3.05) is 26.2 Å². The highest BCUT2D eigenvalue weighted by atomic mass is 35.5. The molecule has 0 bridgehead atoms. The van der Waals surface area contributed by atoms with Gasteiger partial charge in [0.15, 0.2) is 11.5 Å². The predicted octanol–water partition coefficient (Wildman–Crippen LogP) is 7.81. The Hall–Kier alpha value is -2.92. The first-order chi connectivity index (χ1) is 17.1. The number of aromatic nitrogens is 2. The summed E-state index contributed by atoms with van der Waals surface area (Å²) < 4.78 is 19.9. The summed E-state index contributed by atoms with van der Waals surface area (Å²) in [6, 6.07) is 12.1. The van der Waals surface area contributed by atoms with Gasteiger partial charge in [-0.1, -0.05) is 37.1 Å². The second-order valence-corrected chi connectivity index (χ2v) is 8.57. The lowest BCUT2D eigenvalue weighted by atomic mass is 10.1. The van der Waals surface area contributed by atoms with Gasteiger partial charge >= 0.3 is 0 Å².